The normalized spacial score (nSPS) is 12.2. The fourth-order valence-corrected chi connectivity index (χ4v) is 2.32. The Morgan fingerprint density at radius 3 is 2.55 bits per heavy atom. The van der Waals surface area contributed by atoms with Gasteiger partial charge in [0.25, 0.3) is 5.69 Å². The average molecular weight is 292 g/mol. The smallest absolute Gasteiger partial charge is 0.288 e. The van der Waals surface area contributed by atoms with Gasteiger partial charge in [-0.2, -0.15) is 0 Å². The minimum absolute atomic E-state index is 0.0934. The van der Waals surface area contributed by atoms with Crippen molar-refractivity contribution in [2.45, 2.75) is 19.4 Å². The van der Waals surface area contributed by atoms with Crippen LogP contribution in [-0.2, 0) is 6.42 Å². The lowest BCUT2D eigenvalue weighted by Crippen LogP contribution is -2.04. The number of benzene rings is 2. The molecule has 0 saturated heterocycles. The molecule has 2 rings (SSSR count). The molecule has 0 aromatic heterocycles. The quantitative estimate of drug-likeness (QED) is 0.688. The van der Waals surface area contributed by atoms with Gasteiger partial charge in [0.05, 0.1) is 11.0 Å². The van der Waals surface area contributed by atoms with Gasteiger partial charge in [-0.15, -0.1) is 0 Å². The molecule has 1 atom stereocenters. The lowest BCUT2D eigenvalue weighted by molar-refractivity contribution is -0.384. The predicted octanol–water partition coefficient (Wildman–Crippen LogP) is 3.83. The Hall–Kier alpha value is -1.91. The molecule has 104 valence electrons. The minimum atomic E-state index is -0.660. The van der Waals surface area contributed by atoms with E-state index >= 15 is 0 Å². The van der Waals surface area contributed by atoms with Gasteiger partial charge in [-0.25, -0.2) is 0 Å². The molecule has 20 heavy (non-hydrogen) atoms. The van der Waals surface area contributed by atoms with Crippen LogP contribution in [0.2, 0.25) is 5.02 Å². The number of hydrogen-bond donors (Lipinski definition) is 1. The summed E-state index contributed by atoms with van der Waals surface area (Å²) in [7, 11) is 0. The van der Waals surface area contributed by atoms with Crippen LogP contribution < -0.4 is 0 Å². The summed E-state index contributed by atoms with van der Waals surface area (Å²) in [5.74, 6) is 0. The first-order valence-corrected chi connectivity index (χ1v) is 6.53. The highest BCUT2D eigenvalue weighted by atomic mass is 35.5. The van der Waals surface area contributed by atoms with Crippen LogP contribution >= 0.6 is 11.6 Å². The molecule has 5 heteroatoms. The number of halogens is 1. The molecule has 0 spiro atoms. The van der Waals surface area contributed by atoms with Crippen LogP contribution in [0.5, 0.6) is 0 Å². The number of nitro benzene ring substituents is 1. The van der Waals surface area contributed by atoms with Crippen LogP contribution in [-0.4, -0.2) is 10.0 Å². The van der Waals surface area contributed by atoms with E-state index in [1.165, 1.54) is 6.07 Å². The fourth-order valence-electron chi connectivity index (χ4n) is 2.07. The molecule has 2 aromatic rings. The number of aliphatic hydroxyl groups is 1. The van der Waals surface area contributed by atoms with E-state index in [-0.39, 0.29) is 10.7 Å². The van der Waals surface area contributed by atoms with Crippen molar-refractivity contribution in [3.63, 3.8) is 0 Å². The Bertz CT molecular complexity index is 629. The van der Waals surface area contributed by atoms with E-state index in [1.54, 1.807) is 13.0 Å². The number of nitrogens with zero attached hydrogens (tertiary/aromatic N) is 1. The molecule has 0 aliphatic rings. The van der Waals surface area contributed by atoms with Crippen molar-refractivity contribution in [3.05, 3.63) is 74.3 Å². The zero-order valence-electron chi connectivity index (χ0n) is 10.9. The van der Waals surface area contributed by atoms with Gasteiger partial charge in [0, 0.05) is 12.5 Å². The number of aliphatic hydroxyl groups excluding tert-OH is 1. The third kappa shape index (κ3) is 3.15. The molecule has 0 saturated carbocycles. The number of rotatable bonds is 4. The Morgan fingerprint density at radius 1 is 1.30 bits per heavy atom. The standard InChI is InChI=1S/C15H14ClNO3/c1-10-7-14(17(19)20)13(16)8-12(10)9-15(18)11-5-3-2-4-6-11/h2-8,15,18H,9H2,1H3. The Labute approximate surface area is 121 Å². The van der Waals surface area contributed by atoms with Crippen LogP contribution in [0.15, 0.2) is 42.5 Å². The SMILES string of the molecule is Cc1cc([N+](=O)[O-])c(Cl)cc1CC(O)c1ccccc1. The van der Waals surface area contributed by atoms with Gasteiger partial charge in [-0.1, -0.05) is 41.9 Å². The first-order valence-electron chi connectivity index (χ1n) is 6.15. The Kier molecular flexibility index (Phi) is 4.37. The Morgan fingerprint density at radius 2 is 1.95 bits per heavy atom. The lowest BCUT2D eigenvalue weighted by Gasteiger charge is -2.13. The van der Waals surface area contributed by atoms with Crippen molar-refractivity contribution in [2.75, 3.05) is 0 Å². The summed E-state index contributed by atoms with van der Waals surface area (Å²) >= 11 is 5.90. The van der Waals surface area contributed by atoms with E-state index in [4.69, 9.17) is 11.6 Å². The zero-order chi connectivity index (χ0) is 14.7. The van der Waals surface area contributed by atoms with Crippen molar-refractivity contribution in [1.29, 1.82) is 0 Å². The zero-order valence-corrected chi connectivity index (χ0v) is 11.7. The molecule has 2 aromatic carbocycles. The molecular weight excluding hydrogens is 278 g/mol. The summed E-state index contributed by atoms with van der Waals surface area (Å²) in [6.45, 7) is 1.77. The molecule has 0 aliphatic heterocycles. The molecule has 1 unspecified atom stereocenters. The van der Waals surface area contributed by atoms with Crippen LogP contribution in [0.3, 0.4) is 0 Å². The maximum absolute atomic E-state index is 10.8. The second kappa shape index (κ2) is 6.03. The topological polar surface area (TPSA) is 63.4 Å². The van der Waals surface area contributed by atoms with Crippen LogP contribution in [0.4, 0.5) is 5.69 Å². The Balaban J connectivity index is 2.26. The number of nitro groups is 1. The highest BCUT2D eigenvalue weighted by molar-refractivity contribution is 6.32. The molecule has 4 nitrogen and oxygen atoms in total. The van der Waals surface area contributed by atoms with Gasteiger partial charge in [0.15, 0.2) is 0 Å². The van der Waals surface area contributed by atoms with E-state index in [1.807, 2.05) is 30.3 Å². The van der Waals surface area contributed by atoms with Gasteiger partial charge in [0.2, 0.25) is 0 Å². The van der Waals surface area contributed by atoms with Gasteiger partial charge < -0.3 is 5.11 Å². The van der Waals surface area contributed by atoms with E-state index in [0.717, 1.165) is 16.7 Å². The maximum Gasteiger partial charge on any atom is 0.288 e. The van der Waals surface area contributed by atoms with Crippen molar-refractivity contribution in [3.8, 4) is 0 Å². The summed E-state index contributed by atoms with van der Waals surface area (Å²) in [6, 6.07) is 12.3. The summed E-state index contributed by atoms with van der Waals surface area (Å²) in [4.78, 5) is 10.3. The highest BCUT2D eigenvalue weighted by Crippen LogP contribution is 2.30. The van der Waals surface area contributed by atoms with E-state index in [0.29, 0.717) is 6.42 Å². The fraction of sp³-hybridized carbons (Fsp3) is 0.200. The van der Waals surface area contributed by atoms with Gasteiger partial charge in [0.1, 0.15) is 5.02 Å². The molecule has 0 aliphatic carbocycles. The maximum atomic E-state index is 10.8. The lowest BCUT2D eigenvalue weighted by atomic mass is 9.98. The summed E-state index contributed by atoms with van der Waals surface area (Å²) in [5, 5.41) is 21.1. The van der Waals surface area contributed by atoms with Crippen LogP contribution in [0, 0.1) is 17.0 Å². The van der Waals surface area contributed by atoms with Gasteiger partial charge >= 0.3 is 0 Å². The summed E-state index contributed by atoms with van der Waals surface area (Å²) in [6.07, 6.45) is -0.291. The van der Waals surface area contributed by atoms with Crippen molar-refractivity contribution < 1.29 is 10.0 Å². The van der Waals surface area contributed by atoms with Crippen molar-refractivity contribution in [1.82, 2.24) is 0 Å². The largest absolute Gasteiger partial charge is 0.388 e. The minimum Gasteiger partial charge on any atom is -0.388 e. The molecule has 0 radical (unpaired) electrons. The predicted molar refractivity (Wildman–Crippen MR) is 77.9 cm³/mol. The highest BCUT2D eigenvalue weighted by Gasteiger charge is 2.17. The van der Waals surface area contributed by atoms with E-state index in [2.05, 4.69) is 0 Å². The molecule has 0 heterocycles. The van der Waals surface area contributed by atoms with Crippen LogP contribution in [0.25, 0.3) is 0 Å². The summed E-state index contributed by atoms with van der Waals surface area (Å²) < 4.78 is 0. The van der Waals surface area contributed by atoms with Gasteiger partial charge in [-0.3, -0.25) is 10.1 Å². The molecule has 0 amide bonds. The first-order chi connectivity index (χ1) is 9.49. The van der Waals surface area contributed by atoms with Crippen molar-refractivity contribution >= 4 is 17.3 Å². The summed E-state index contributed by atoms with van der Waals surface area (Å²) in [5.41, 5.74) is 2.25. The van der Waals surface area contributed by atoms with E-state index < -0.39 is 11.0 Å². The third-order valence-corrected chi connectivity index (χ3v) is 3.50. The first kappa shape index (κ1) is 14.5. The van der Waals surface area contributed by atoms with E-state index in [9.17, 15) is 15.2 Å². The molecule has 0 fully saturated rings. The molecular formula is C15H14ClNO3. The number of hydrogen-bond acceptors (Lipinski definition) is 3. The second-order valence-corrected chi connectivity index (χ2v) is 5.03. The molecule has 0 bridgehead atoms. The third-order valence-electron chi connectivity index (χ3n) is 3.20. The second-order valence-electron chi connectivity index (χ2n) is 4.62. The number of aryl methyl sites for hydroxylation is 1. The van der Waals surface area contributed by atoms with Gasteiger partial charge in [-0.05, 0) is 29.7 Å². The molecule has 1 N–H and O–H groups in total. The van der Waals surface area contributed by atoms with Crippen LogP contribution in [0.1, 0.15) is 22.8 Å². The monoisotopic (exact) mass is 291 g/mol. The van der Waals surface area contributed by atoms with Crippen molar-refractivity contribution in [2.24, 2.45) is 0 Å². The average Bonchev–Trinajstić information content (AvgIpc) is 2.43.